The predicted octanol–water partition coefficient (Wildman–Crippen LogP) is 1.10. The fraction of sp³-hybridized carbons (Fsp3) is 0.182. The van der Waals surface area contributed by atoms with Crippen molar-refractivity contribution in [3.05, 3.63) is 42.0 Å². The lowest BCUT2D eigenvalue weighted by Crippen LogP contribution is -2.22. The summed E-state index contributed by atoms with van der Waals surface area (Å²) in [4.78, 5) is 16.2. The van der Waals surface area contributed by atoms with Crippen LogP contribution in [-0.4, -0.2) is 19.2 Å². The van der Waals surface area contributed by atoms with Gasteiger partial charge in [0.25, 0.3) is 0 Å². The van der Waals surface area contributed by atoms with Crippen molar-refractivity contribution in [3.63, 3.8) is 0 Å². The van der Waals surface area contributed by atoms with Gasteiger partial charge in [-0.2, -0.15) is 0 Å². The number of nitrogens with one attached hydrogen (secondary N) is 1. The average molecular weight is 205 g/mol. The zero-order valence-corrected chi connectivity index (χ0v) is 8.27. The number of methoxy groups -OCH3 is 1. The van der Waals surface area contributed by atoms with E-state index in [9.17, 15) is 4.79 Å². The number of carbonyl (C=O) groups is 1. The third-order valence-electron chi connectivity index (χ3n) is 2.13. The second kappa shape index (κ2) is 4.14. The minimum atomic E-state index is -0.662. The van der Waals surface area contributed by atoms with Crippen LogP contribution in [0.4, 0.5) is 0 Å². The molecule has 1 unspecified atom stereocenters. The van der Waals surface area contributed by atoms with Crippen molar-refractivity contribution in [1.82, 2.24) is 5.48 Å². The number of carbonyl (C=O) groups excluding carboxylic acids is 1. The Balaban J connectivity index is 2.17. The Bertz CT molecular complexity index is 386. The number of hydrogen-bond donors (Lipinski definition) is 1. The average Bonchev–Trinajstić information content (AvgIpc) is 2.78. The molecule has 78 valence electrons. The van der Waals surface area contributed by atoms with Gasteiger partial charge >= 0.3 is 5.97 Å². The molecular weight excluding hydrogens is 194 g/mol. The van der Waals surface area contributed by atoms with Crippen LogP contribution in [0.25, 0.3) is 5.70 Å². The Kier molecular flexibility index (Phi) is 2.69. The second-order valence-electron chi connectivity index (χ2n) is 3.11. The number of hydrogen-bond acceptors (Lipinski definition) is 4. The SMILES string of the molecule is COC(=O)C1C=C(c2ccccc2)NO1. The third kappa shape index (κ3) is 1.99. The lowest BCUT2D eigenvalue weighted by atomic mass is 10.1. The topological polar surface area (TPSA) is 47.6 Å². The van der Waals surface area contributed by atoms with Crippen LogP contribution in [0, 0.1) is 0 Å². The lowest BCUT2D eigenvalue weighted by Gasteiger charge is -2.04. The van der Waals surface area contributed by atoms with Crippen LogP contribution in [-0.2, 0) is 14.4 Å². The molecule has 0 saturated heterocycles. The summed E-state index contributed by atoms with van der Waals surface area (Å²) in [5.41, 5.74) is 4.46. The van der Waals surface area contributed by atoms with Crippen LogP contribution in [0.1, 0.15) is 5.56 Å². The standard InChI is InChI=1S/C11H11NO3/c1-14-11(13)10-7-9(12-15-10)8-5-3-2-4-6-8/h2-7,10,12H,1H3. The molecule has 15 heavy (non-hydrogen) atoms. The van der Waals surface area contributed by atoms with Crippen molar-refractivity contribution < 1.29 is 14.4 Å². The van der Waals surface area contributed by atoms with Crippen LogP contribution in [0.2, 0.25) is 0 Å². The van der Waals surface area contributed by atoms with E-state index >= 15 is 0 Å². The van der Waals surface area contributed by atoms with Crippen molar-refractivity contribution in [2.24, 2.45) is 0 Å². The highest BCUT2D eigenvalue weighted by Crippen LogP contribution is 2.18. The van der Waals surface area contributed by atoms with Crippen molar-refractivity contribution in [2.45, 2.75) is 6.10 Å². The van der Waals surface area contributed by atoms with Crippen LogP contribution in [0.15, 0.2) is 36.4 Å². The van der Waals surface area contributed by atoms with Crippen molar-refractivity contribution >= 4 is 11.7 Å². The van der Waals surface area contributed by atoms with Gasteiger partial charge in [0, 0.05) is 0 Å². The summed E-state index contributed by atoms with van der Waals surface area (Å²) in [5.74, 6) is -0.409. The van der Waals surface area contributed by atoms with Crippen LogP contribution < -0.4 is 5.48 Å². The van der Waals surface area contributed by atoms with Crippen molar-refractivity contribution in [2.75, 3.05) is 7.11 Å². The quantitative estimate of drug-likeness (QED) is 0.734. The second-order valence-corrected chi connectivity index (χ2v) is 3.11. The Morgan fingerprint density at radius 3 is 2.80 bits per heavy atom. The largest absolute Gasteiger partial charge is 0.467 e. The van der Waals surface area contributed by atoms with E-state index in [1.165, 1.54) is 7.11 Å². The van der Waals surface area contributed by atoms with Gasteiger partial charge in [0.15, 0.2) is 0 Å². The summed E-state index contributed by atoms with van der Waals surface area (Å²) in [5, 5.41) is 0. The maximum absolute atomic E-state index is 11.2. The normalized spacial score (nSPS) is 19.3. The number of esters is 1. The summed E-state index contributed by atoms with van der Waals surface area (Å²) in [6.07, 6.45) is 1.03. The van der Waals surface area contributed by atoms with Gasteiger partial charge in [0.05, 0.1) is 12.8 Å². The molecule has 0 radical (unpaired) electrons. The minimum Gasteiger partial charge on any atom is -0.467 e. The highest BCUT2D eigenvalue weighted by Gasteiger charge is 2.24. The molecule has 4 nitrogen and oxygen atoms in total. The zero-order valence-electron chi connectivity index (χ0n) is 8.27. The highest BCUT2D eigenvalue weighted by atomic mass is 16.7. The van der Waals surface area contributed by atoms with Crippen LogP contribution in [0.3, 0.4) is 0 Å². The first-order valence-corrected chi connectivity index (χ1v) is 4.58. The van der Waals surface area contributed by atoms with E-state index in [-0.39, 0.29) is 0 Å². The van der Waals surface area contributed by atoms with Crippen molar-refractivity contribution in [3.8, 4) is 0 Å². The Labute approximate surface area is 87.5 Å². The first-order valence-electron chi connectivity index (χ1n) is 4.58. The van der Waals surface area contributed by atoms with Gasteiger partial charge in [-0.1, -0.05) is 30.3 Å². The summed E-state index contributed by atoms with van der Waals surface area (Å²) in [6.45, 7) is 0. The van der Waals surface area contributed by atoms with E-state index in [1.807, 2.05) is 30.3 Å². The Morgan fingerprint density at radius 1 is 1.40 bits per heavy atom. The summed E-state index contributed by atoms with van der Waals surface area (Å²) >= 11 is 0. The maximum atomic E-state index is 11.2. The molecule has 1 aliphatic heterocycles. The molecule has 1 heterocycles. The number of benzene rings is 1. The molecular formula is C11H11NO3. The first-order chi connectivity index (χ1) is 7.31. The van der Waals surface area contributed by atoms with Crippen LogP contribution in [0.5, 0.6) is 0 Å². The lowest BCUT2D eigenvalue weighted by molar-refractivity contribution is -0.152. The molecule has 4 heteroatoms. The molecule has 1 N–H and O–H groups in total. The monoisotopic (exact) mass is 205 g/mol. The summed E-state index contributed by atoms with van der Waals surface area (Å²) < 4.78 is 4.57. The highest BCUT2D eigenvalue weighted by molar-refractivity contribution is 5.81. The molecule has 0 fully saturated rings. The Morgan fingerprint density at radius 2 is 2.13 bits per heavy atom. The van der Waals surface area contributed by atoms with Gasteiger partial charge in [0.1, 0.15) is 0 Å². The van der Waals surface area contributed by atoms with Gasteiger partial charge < -0.3 is 4.74 Å². The predicted molar refractivity (Wildman–Crippen MR) is 54.4 cm³/mol. The summed E-state index contributed by atoms with van der Waals surface area (Å²) in [7, 11) is 1.33. The first kappa shape index (κ1) is 9.73. The molecule has 0 amide bonds. The van der Waals surface area contributed by atoms with E-state index in [0.29, 0.717) is 0 Å². The molecule has 1 aromatic carbocycles. The van der Waals surface area contributed by atoms with E-state index in [4.69, 9.17) is 4.84 Å². The van der Waals surface area contributed by atoms with Gasteiger partial charge in [-0.05, 0) is 11.6 Å². The van der Waals surface area contributed by atoms with Gasteiger partial charge in [-0.15, -0.1) is 0 Å². The molecule has 0 saturated carbocycles. The summed E-state index contributed by atoms with van der Waals surface area (Å²) in [6, 6.07) is 9.63. The zero-order chi connectivity index (χ0) is 10.7. The molecule has 1 aliphatic rings. The molecule has 1 atom stereocenters. The van der Waals surface area contributed by atoms with Crippen molar-refractivity contribution in [1.29, 1.82) is 0 Å². The number of ether oxygens (including phenoxy) is 1. The van der Waals surface area contributed by atoms with E-state index in [2.05, 4.69) is 10.2 Å². The molecule has 2 rings (SSSR count). The van der Waals surface area contributed by atoms with Gasteiger partial charge in [0.2, 0.25) is 6.10 Å². The number of rotatable bonds is 2. The molecule has 0 spiro atoms. The Hall–Kier alpha value is -1.81. The van der Waals surface area contributed by atoms with Gasteiger partial charge in [-0.25, -0.2) is 4.79 Å². The fourth-order valence-electron chi connectivity index (χ4n) is 1.35. The molecule has 0 aliphatic carbocycles. The van der Waals surface area contributed by atoms with E-state index in [0.717, 1.165) is 11.3 Å². The molecule has 1 aromatic rings. The fourth-order valence-corrected chi connectivity index (χ4v) is 1.35. The van der Waals surface area contributed by atoms with Crippen LogP contribution >= 0.6 is 0 Å². The minimum absolute atomic E-state index is 0.409. The number of hydroxylamine groups is 1. The van der Waals surface area contributed by atoms with E-state index < -0.39 is 12.1 Å². The maximum Gasteiger partial charge on any atom is 0.341 e. The molecule has 0 bridgehead atoms. The smallest absolute Gasteiger partial charge is 0.341 e. The third-order valence-corrected chi connectivity index (χ3v) is 2.13. The van der Waals surface area contributed by atoms with E-state index in [1.54, 1.807) is 6.08 Å². The van der Waals surface area contributed by atoms with Gasteiger partial charge in [-0.3, -0.25) is 10.3 Å². The molecule has 0 aromatic heterocycles.